The molecule has 0 aromatic carbocycles. The van der Waals surface area contributed by atoms with Gasteiger partial charge in [-0.3, -0.25) is 4.79 Å². The maximum Gasteiger partial charge on any atom is 0.303 e. The van der Waals surface area contributed by atoms with Crippen molar-refractivity contribution in [2.75, 3.05) is 0 Å². The predicted octanol–water partition coefficient (Wildman–Crippen LogP) is 7.76. The van der Waals surface area contributed by atoms with Gasteiger partial charge in [0, 0.05) is 6.92 Å². The Hall–Kier alpha value is -1.31. The summed E-state index contributed by atoms with van der Waals surface area (Å²) in [5.74, 6) is 4.94. The summed E-state index contributed by atoms with van der Waals surface area (Å²) in [6, 6.07) is 0. The monoisotopic (exact) mass is 438 g/mol. The van der Waals surface area contributed by atoms with E-state index in [2.05, 4.69) is 71.9 Å². The van der Waals surface area contributed by atoms with Crippen molar-refractivity contribution in [3.63, 3.8) is 0 Å². The SMILES string of the molecule is CC(=O)O[C@@H]1C=C2C=C[C@H]3[C@@H]4CC[C@H]([C@H](C)C=C[C@H](C)C(C)C)[C@@]4(C)CC[C@@H]3[C@@]2(C)CC1. The van der Waals surface area contributed by atoms with E-state index in [4.69, 9.17) is 4.74 Å². The number of carbonyl (C=O) groups excluding carboxylic acids is 1. The van der Waals surface area contributed by atoms with Crippen molar-refractivity contribution in [3.05, 3.63) is 36.0 Å². The highest BCUT2D eigenvalue weighted by molar-refractivity contribution is 5.66. The van der Waals surface area contributed by atoms with Crippen molar-refractivity contribution in [2.24, 2.45) is 52.3 Å². The zero-order valence-corrected chi connectivity index (χ0v) is 21.6. The van der Waals surface area contributed by atoms with Crippen LogP contribution in [0.2, 0.25) is 0 Å². The third-order valence-corrected chi connectivity index (χ3v) is 10.4. The molecule has 2 heteroatoms. The Bertz CT molecular complexity index is 804. The normalized spacial score (nSPS) is 42.8. The Kier molecular flexibility index (Phi) is 6.56. The predicted molar refractivity (Wildman–Crippen MR) is 133 cm³/mol. The Morgan fingerprint density at radius 1 is 1.03 bits per heavy atom. The summed E-state index contributed by atoms with van der Waals surface area (Å²) in [6.45, 7) is 16.1. The molecule has 0 N–H and O–H groups in total. The molecule has 0 amide bonds. The number of hydrogen-bond donors (Lipinski definition) is 0. The lowest BCUT2D eigenvalue weighted by Gasteiger charge is -2.57. The Balaban J connectivity index is 1.54. The highest BCUT2D eigenvalue weighted by atomic mass is 16.5. The standard InChI is InChI=1S/C30H46O2/c1-19(2)20(3)8-9-21(4)26-12-13-27-25-11-10-23-18-24(32-22(5)31)14-16-29(23,6)28(25)15-17-30(26,27)7/h8-11,18-21,24-28H,12-17H2,1-7H3/t20-,21+,24-,25-,26+,27-,28-,29-,30+/m0/s1. The van der Waals surface area contributed by atoms with Crippen LogP contribution < -0.4 is 0 Å². The maximum absolute atomic E-state index is 11.5. The fourth-order valence-electron chi connectivity index (χ4n) is 8.04. The number of esters is 1. The van der Waals surface area contributed by atoms with Crippen LogP contribution in [0.1, 0.15) is 87.0 Å². The third-order valence-electron chi connectivity index (χ3n) is 10.4. The molecule has 178 valence electrons. The summed E-state index contributed by atoms with van der Waals surface area (Å²) in [7, 11) is 0. The van der Waals surface area contributed by atoms with E-state index in [9.17, 15) is 4.79 Å². The molecule has 0 aromatic rings. The third kappa shape index (κ3) is 4.05. The largest absolute Gasteiger partial charge is 0.458 e. The molecule has 2 nitrogen and oxygen atoms in total. The zero-order chi connectivity index (χ0) is 23.3. The fourth-order valence-corrected chi connectivity index (χ4v) is 8.04. The second kappa shape index (κ2) is 8.80. The van der Waals surface area contributed by atoms with Crippen LogP contribution in [-0.4, -0.2) is 12.1 Å². The van der Waals surface area contributed by atoms with Crippen LogP contribution in [0.4, 0.5) is 0 Å². The van der Waals surface area contributed by atoms with E-state index in [0.29, 0.717) is 29.1 Å². The number of rotatable bonds is 5. The van der Waals surface area contributed by atoms with Gasteiger partial charge in [-0.1, -0.05) is 65.8 Å². The van der Waals surface area contributed by atoms with Crippen LogP contribution in [0, 0.1) is 52.3 Å². The Labute approximate surface area is 197 Å². The number of fused-ring (bicyclic) bond motifs is 5. The van der Waals surface area contributed by atoms with Crippen molar-refractivity contribution in [2.45, 2.75) is 93.1 Å². The summed E-state index contributed by atoms with van der Waals surface area (Å²) >= 11 is 0. The van der Waals surface area contributed by atoms with Gasteiger partial charge in [-0.15, -0.1) is 0 Å². The molecule has 2 saturated carbocycles. The van der Waals surface area contributed by atoms with E-state index < -0.39 is 0 Å². The minimum atomic E-state index is -0.162. The highest BCUT2D eigenvalue weighted by Crippen LogP contribution is 2.66. The van der Waals surface area contributed by atoms with E-state index in [-0.39, 0.29) is 17.5 Å². The molecule has 0 aromatic heterocycles. The summed E-state index contributed by atoms with van der Waals surface area (Å²) in [6.07, 6.45) is 19.8. The topological polar surface area (TPSA) is 26.3 Å². The van der Waals surface area contributed by atoms with E-state index in [1.165, 1.54) is 38.2 Å². The first kappa shape index (κ1) is 23.8. The molecule has 0 spiro atoms. The lowest BCUT2D eigenvalue weighted by Crippen LogP contribution is -2.49. The van der Waals surface area contributed by atoms with Crippen LogP contribution in [0.5, 0.6) is 0 Å². The van der Waals surface area contributed by atoms with E-state index >= 15 is 0 Å². The minimum Gasteiger partial charge on any atom is -0.458 e. The van der Waals surface area contributed by atoms with Gasteiger partial charge in [0.25, 0.3) is 0 Å². The van der Waals surface area contributed by atoms with Crippen LogP contribution in [-0.2, 0) is 9.53 Å². The zero-order valence-electron chi connectivity index (χ0n) is 21.6. The molecule has 32 heavy (non-hydrogen) atoms. The molecule has 9 atom stereocenters. The van der Waals surface area contributed by atoms with Gasteiger partial charge >= 0.3 is 5.97 Å². The van der Waals surface area contributed by atoms with Gasteiger partial charge in [0.05, 0.1) is 0 Å². The van der Waals surface area contributed by atoms with Gasteiger partial charge in [-0.25, -0.2) is 0 Å². The lowest BCUT2D eigenvalue weighted by molar-refractivity contribution is -0.145. The summed E-state index contributed by atoms with van der Waals surface area (Å²) in [5.41, 5.74) is 2.13. The average Bonchev–Trinajstić information content (AvgIpc) is 3.08. The van der Waals surface area contributed by atoms with Gasteiger partial charge in [0.1, 0.15) is 6.10 Å². The van der Waals surface area contributed by atoms with Crippen molar-refractivity contribution in [3.8, 4) is 0 Å². The van der Waals surface area contributed by atoms with E-state index in [0.717, 1.165) is 30.6 Å². The Morgan fingerprint density at radius 2 is 1.78 bits per heavy atom. The average molecular weight is 439 g/mol. The Morgan fingerprint density at radius 3 is 2.47 bits per heavy atom. The molecule has 0 heterocycles. The van der Waals surface area contributed by atoms with Gasteiger partial charge in [0.2, 0.25) is 0 Å². The second-order valence-electron chi connectivity index (χ2n) is 12.5. The molecule has 0 bridgehead atoms. The van der Waals surface area contributed by atoms with Gasteiger partial charge in [-0.2, -0.15) is 0 Å². The second-order valence-corrected chi connectivity index (χ2v) is 12.5. The number of allylic oxidation sites excluding steroid dienone is 5. The smallest absolute Gasteiger partial charge is 0.303 e. The van der Waals surface area contributed by atoms with E-state index in [1.54, 1.807) is 0 Å². The molecular weight excluding hydrogens is 392 g/mol. The van der Waals surface area contributed by atoms with Gasteiger partial charge in [0.15, 0.2) is 0 Å². The molecule has 0 saturated heterocycles. The van der Waals surface area contributed by atoms with Crippen LogP contribution >= 0.6 is 0 Å². The lowest BCUT2D eigenvalue weighted by atomic mass is 9.48. The van der Waals surface area contributed by atoms with Gasteiger partial charge < -0.3 is 4.74 Å². The summed E-state index contributed by atoms with van der Waals surface area (Å²) in [5, 5.41) is 0. The van der Waals surface area contributed by atoms with Crippen molar-refractivity contribution in [1.29, 1.82) is 0 Å². The van der Waals surface area contributed by atoms with Crippen molar-refractivity contribution >= 4 is 5.97 Å². The number of carbonyl (C=O) groups is 1. The number of ether oxygens (including phenoxy) is 1. The molecular formula is C30H46O2. The number of hydrogen-bond acceptors (Lipinski definition) is 2. The van der Waals surface area contributed by atoms with Crippen molar-refractivity contribution < 1.29 is 9.53 Å². The summed E-state index contributed by atoms with van der Waals surface area (Å²) in [4.78, 5) is 11.5. The highest BCUT2D eigenvalue weighted by Gasteiger charge is 2.58. The molecule has 0 aliphatic heterocycles. The van der Waals surface area contributed by atoms with Crippen LogP contribution in [0.15, 0.2) is 36.0 Å². The van der Waals surface area contributed by atoms with Crippen LogP contribution in [0.3, 0.4) is 0 Å². The molecule has 0 radical (unpaired) electrons. The minimum absolute atomic E-state index is 0.0395. The summed E-state index contributed by atoms with van der Waals surface area (Å²) < 4.78 is 5.55. The van der Waals surface area contributed by atoms with Crippen LogP contribution in [0.25, 0.3) is 0 Å². The molecule has 4 aliphatic rings. The molecule has 4 rings (SSSR count). The molecule has 0 unspecified atom stereocenters. The first-order valence-corrected chi connectivity index (χ1v) is 13.3. The van der Waals surface area contributed by atoms with Gasteiger partial charge in [-0.05, 0) is 102 Å². The first-order chi connectivity index (χ1) is 15.1. The van der Waals surface area contributed by atoms with Crippen molar-refractivity contribution in [1.82, 2.24) is 0 Å². The molecule has 2 fully saturated rings. The fraction of sp³-hybridized carbons (Fsp3) is 0.767. The maximum atomic E-state index is 11.5. The first-order valence-electron chi connectivity index (χ1n) is 13.3. The van der Waals surface area contributed by atoms with E-state index in [1.807, 2.05) is 0 Å². The molecule has 4 aliphatic carbocycles. The quantitative estimate of drug-likeness (QED) is 0.324.